The van der Waals surface area contributed by atoms with E-state index in [0.29, 0.717) is 18.4 Å². The Balaban J connectivity index is 2.26. The lowest BCUT2D eigenvalue weighted by Crippen LogP contribution is -2.42. The van der Waals surface area contributed by atoms with Crippen molar-refractivity contribution in [2.24, 2.45) is 17.3 Å². The summed E-state index contributed by atoms with van der Waals surface area (Å²) in [5.41, 5.74) is -1.17. The lowest BCUT2D eigenvalue weighted by molar-refractivity contribution is -0.149. The van der Waals surface area contributed by atoms with Crippen LogP contribution in [-0.2, 0) is 9.59 Å². The summed E-state index contributed by atoms with van der Waals surface area (Å²) >= 11 is 0. The zero-order chi connectivity index (χ0) is 13.9. The van der Waals surface area contributed by atoms with Crippen LogP contribution in [-0.4, -0.2) is 29.6 Å². The van der Waals surface area contributed by atoms with Gasteiger partial charge in [0.1, 0.15) is 0 Å². The third-order valence-electron chi connectivity index (χ3n) is 3.24. The van der Waals surface area contributed by atoms with E-state index in [0.717, 1.165) is 6.42 Å². The van der Waals surface area contributed by atoms with E-state index in [-0.39, 0.29) is 6.42 Å². The van der Waals surface area contributed by atoms with Gasteiger partial charge in [-0.1, -0.05) is 6.92 Å². The monoisotopic (exact) mass is 256 g/mol. The van der Waals surface area contributed by atoms with Crippen molar-refractivity contribution < 1.29 is 19.5 Å². The van der Waals surface area contributed by atoms with Crippen LogP contribution in [0.1, 0.15) is 33.6 Å². The highest BCUT2D eigenvalue weighted by Crippen LogP contribution is 2.36. The Hall–Kier alpha value is -1.59. The van der Waals surface area contributed by atoms with E-state index < -0.39 is 23.3 Å². The lowest BCUT2D eigenvalue weighted by atomic mass is 9.89. The number of amides is 3. The van der Waals surface area contributed by atoms with Crippen LogP contribution in [0.3, 0.4) is 0 Å². The quantitative estimate of drug-likeness (QED) is 0.683. The second kappa shape index (κ2) is 5.37. The number of hydrogen-bond donors (Lipinski definition) is 3. The summed E-state index contributed by atoms with van der Waals surface area (Å²) in [6, 6.07) is -0.555. The van der Waals surface area contributed by atoms with Crippen LogP contribution in [0, 0.1) is 17.3 Å². The van der Waals surface area contributed by atoms with E-state index >= 15 is 0 Å². The van der Waals surface area contributed by atoms with Gasteiger partial charge in [0.15, 0.2) is 0 Å². The molecular formula is C12H20N2O4. The molecule has 1 aliphatic rings. The second-order valence-corrected chi connectivity index (χ2v) is 5.60. The molecule has 102 valence electrons. The molecule has 3 amide bonds. The van der Waals surface area contributed by atoms with Gasteiger partial charge in [-0.3, -0.25) is 14.9 Å². The predicted octanol–water partition coefficient (Wildman–Crippen LogP) is 0.969. The Labute approximate surface area is 106 Å². The fraction of sp³-hybridized carbons (Fsp3) is 0.750. The number of carbonyl (C=O) groups is 3. The van der Waals surface area contributed by atoms with Gasteiger partial charge in [-0.2, -0.15) is 0 Å². The van der Waals surface area contributed by atoms with Crippen LogP contribution in [0.2, 0.25) is 0 Å². The van der Waals surface area contributed by atoms with Gasteiger partial charge >= 0.3 is 12.0 Å². The molecule has 6 heteroatoms. The molecule has 0 heterocycles. The maximum atomic E-state index is 11.5. The first-order chi connectivity index (χ1) is 8.22. The molecule has 6 nitrogen and oxygen atoms in total. The molecule has 0 bridgehead atoms. The molecule has 18 heavy (non-hydrogen) atoms. The summed E-state index contributed by atoms with van der Waals surface area (Å²) < 4.78 is 0. The minimum absolute atomic E-state index is 0.227. The number of rotatable bonds is 5. The topological polar surface area (TPSA) is 95.5 Å². The molecule has 3 N–H and O–H groups in total. The maximum absolute atomic E-state index is 11.5. The van der Waals surface area contributed by atoms with E-state index in [9.17, 15) is 14.4 Å². The number of carbonyl (C=O) groups excluding carboxylic acids is 2. The Morgan fingerprint density at radius 2 is 1.89 bits per heavy atom. The summed E-state index contributed by atoms with van der Waals surface area (Å²) in [7, 11) is 0. The first-order valence-corrected chi connectivity index (χ1v) is 6.03. The van der Waals surface area contributed by atoms with E-state index in [1.165, 1.54) is 13.8 Å². The normalized spacial score (nSPS) is 22.2. The lowest BCUT2D eigenvalue weighted by Gasteiger charge is -2.17. The average molecular weight is 256 g/mol. The highest BCUT2D eigenvalue weighted by Gasteiger charge is 2.33. The van der Waals surface area contributed by atoms with Gasteiger partial charge in [0.25, 0.3) is 0 Å². The zero-order valence-corrected chi connectivity index (χ0v) is 10.9. The molecule has 1 rings (SSSR count). The highest BCUT2D eigenvalue weighted by molar-refractivity contribution is 5.96. The molecule has 2 atom stereocenters. The van der Waals surface area contributed by atoms with Crippen molar-refractivity contribution in [3.63, 3.8) is 0 Å². The van der Waals surface area contributed by atoms with Crippen LogP contribution in [0.5, 0.6) is 0 Å². The minimum Gasteiger partial charge on any atom is -0.481 e. The minimum atomic E-state index is -1.17. The van der Waals surface area contributed by atoms with E-state index in [2.05, 4.69) is 17.6 Å². The number of carboxylic acid groups (broad SMARTS) is 1. The predicted molar refractivity (Wildman–Crippen MR) is 64.8 cm³/mol. The molecular weight excluding hydrogens is 236 g/mol. The van der Waals surface area contributed by atoms with Crippen molar-refractivity contribution in [3.05, 3.63) is 0 Å². The Morgan fingerprint density at radius 1 is 1.33 bits per heavy atom. The number of urea groups is 1. The summed E-state index contributed by atoms with van der Waals surface area (Å²) in [5.74, 6) is -0.512. The van der Waals surface area contributed by atoms with Crippen molar-refractivity contribution >= 4 is 17.9 Å². The van der Waals surface area contributed by atoms with Crippen molar-refractivity contribution in [3.8, 4) is 0 Å². The smallest absolute Gasteiger partial charge is 0.321 e. The van der Waals surface area contributed by atoms with Crippen LogP contribution >= 0.6 is 0 Å². The van der Waals surface area contributed by atoms with Gasteiger partial charge in [0.2, 0.25) is 5.91 Å². The fourth-order valence-electron chi connectivity index (χ4n) is 1.60. The van der Waals surface area contributed by atoms with Crippen molar-refractivity contribution in [2.45, 2.75) is 33.6 Å². The van der Waals surface area contributed by atoms with E-state index in [1.54, 1.807) is 0 Å². The Bertz CT molecular complexity index is 365. The van der Waals surface area contributed by atoms with Gasteiger partial charge in [-0.15, -0.1) is 0 Å². The molecule has 1 aliphatic carbocycles. The van der Waals surface area contributed by atoms with Crippen LogP contribution < -0.4 is 10.6 Å². The maximum Gasteiger partial charge on any atom is 0.321 e. The third kappa shape index (κ3) is 4.35. The van der Waals surface area contributed by atoms with Crippen molar-refractivity contribution in [1.82, 2.24) is 10.6 Å². The first-order valence-electron chi connectivity index (χ1n) is 6.03. The Morgan fingerprint density at radius 3 is 2.33 bits per heavy atom. The Kier molecular flexibility index (Phi) is 4.32. The fourth-order valence-corrected chi connectivity index (χ4v) is 1.60. The number of hydrogen-bond acceptors (Lipinski definition) is 3. The number of carboxylic acids is 1. The molecule has 0 aliphatic heterocycles. The van der Waals surface area contributed by atoms with E-state index in [4.69, 9.17) is 5.11 Å². The highest BCUT2D eigenvalue weighted by atomic mass is 16.4. The first kappa shape index (κ1) is 14.5. The summed E-state index contributed by atoms with van der Waals surface area (Å²) in [5, 5.41) is 13.6. The summed E-state index contributed by atoms with van der Waals surface area (Å²) in [6.07, 6.45) is 0.871. The standard InChI is InChI=1S/C12H20N2O4/c1-7-4-8(7)6-13-11(18)14-9(15)5-12(2,3)10(16)17/h7-8H,4-6H2,1-3H3,(H,16,17)(H2,13,14,15,18). The third-order valence-corrected chi connectivity index (χ3v) is 3.24. The second-order valence-electron chi connectivity index (χ2n) is 5.60. The molecule has 2 unspecified atom stereocenters. The summed E-state index contributed by atoms with van der Waals surface area (Å²) in [6.45, 7) is 5.55. The van der Waals surface area contributed by atoms with Crippen LogP contribution in [0.4, 0.5) is 4.79 Å². The molecule has 1 fully saturated rings. The molecule has 0 saturated heterocycles. The SMILES string of the molecule is CC1CC1CNC(=O)NC(=O)CC(C)(C)C(=O)O. The molecule has 0 spiro atoms. The molecule has 0 aromatic carbocycles. The van der Waals surface area contributed by atoms with E-state index in [1.807, 2.05) is 0 Å². The summed E-state index contributed by atoms with van der Waals surface area (Å²) in [4.78, 5) is 33.6. The van der Waals surface area contributed by atoms with Gasteiger partial charge < -0.3 is 10.4 Å². The number of aliphatic carboxylic acids is 1. The zero-order valence-electron chi connectivity index (χ0n) is 10.9. The average Bonchev–Trinajstić information content (AvgIpc) is 2.90. The van der Waals surface area contributed by atoms with Gasteiger partial charge in [-0.25, -0.2) is 4.79 Å². The van der Waals surface area contributed by atoms with Gasteiger partial charge in [0.05, 0.1) is 5.41 Å². The molecule has 0 radical (unpaired) electrons. The largest absolute Gasteiger partial charge is 0.481 e. The molecule has 0 aromatic heterocycles. The number of imide groups is 1. The van der Waals surface area contributed by atoms with Crippen LogP contribution in [0.25, 0.3) is 0 Å². The number of nitrogens with one attached hydrogen (secondary N) is 2. The van der Waals surface area contributed by atoms with Crippen molar-refractivity contribution in [2.75, 3.05) is 6.54 Å². The van der Waals surface area contributed by atoms with Gasteiger partial charge in [0, 0.05) is 13.0 Å². The molecule has 0 aromatic rings. The van der Waals surface area contributed by atoms with Crippen molar-refractivity contribution in [1.29, 1.82) is 0 Å². The molecule has 1 saturated carbocycles. The van der Waals surface area contributed by atoms with Gasteiger partial charge in [-0.05, 0) is 32.1 Å². The van der Waals surface area contributed by atoms with Crippen LogP contribution in [0.15, 0.2) is 0 Å².